The molecule has 0 bridgehead atoms. The van der Waals surface area contributed by atoms with Crippen LogP contribution < -0.4 is 10.6 Å². The maximum Gasteiger partial charge on any atom is 0.287 e. The zero-order valence-corrected chi connectivity index (χ0v) is 12.3. The summed E-state index contributed by atoms with van der Waals surface area (Å²) in [7, 11) is 0. The van der Waals surface area contributed by atoms with Crippen molar-refractivity contribution in [2.75, 3.05) is 13.1 Å². The number of aryl methyl sites for hydroxylation is 1. The van der Waals surface area contributed by atoms with Crippen molar-refractivity contribution < 1.29 is 14.0 Å². The minimum atomic E-state index is -0.297. The van der Waals surface area contributed by atoms with Crippen LogP contribution in [0.15, 0.2) is 53.2 Å². The highest BCUT2D eigenvalue weighted by molar-refractivity contribution is 5.92. The predicted octanol–water partition coefficient (Wildman–Crippen LogP) is 2.15. The summed E-state index contributed by atoms with van der Waals surface area (Å²) in [6.07, 6.45) is 4.65. The van der Waals surface area contributed by atoms with Crippen LogP contribution in [-0.4, -0.2) is 24.9 Å². The van der Waals surface area contributed by atoms with Gasteiger partial charge in [-0.05, 0) is 30.7 Å². The van der Waals surface area contributed by atoms with Crippen LogP contribution in [0.4, 0.5) is 0 Å². The monoisotopic (exact) mass is 298 g/mol. The maximum absolute atomic E-state index is 11.6. The molecule has 22 heavy (non-hydrogen) atoms. The third-order valence-corrected chi connectivity index (χ3v) is 2.96. The van der Waals surface area contributed by atoms with Gasteiger partial charge in [-0.3, -0.25) is 9.59 Å². The summed E-state index contributed by atoms with van der Waals surface area (Å²) in [6.45, 7) is 2.70. The standard InChI is InChI=1S/C17H18N2O3/c1-13-4-6-14(7-5-13)8-9-16(20)18-10-11-19-17(21)15-3-2-12-22-15/h2-9,12H,10-11H2,1H3,(H,18,20)(H,19,21)/b9-8+. The van der Waals surface area contributed by atoms with Gasteiger partial charge in [0.2, 0.25) is 5.91 Å². The fourth-order valence-electron chi connectivity index (χ4n) is 1.77. The number of hydrogen-bond acceptors (Lipinski definition) is 3. The molecule has 0 fully saturated rings. The van der Waals surface area contributed by atoms with Gasteiger partial charge in [-0.2, -0.15) is 0 Å². The first-order chi connectivity index (χ1) is 10.6. The molecule has 2 amide bonds. The van der Waals surface area contributed by atoms with E-state index in [2.05, 4.69) is 10.6 Å². The average Bonchev–Trinajstić information content (AvgIpc) is 3.05. The Kier molecular flexibility index (Phi) is 5.54. The summed E-state index contributed by atoms with van der Waals surface area (Å²) in [5, 5.41) is 5.34. The Morgan fingerprint density at radius 1 is 1.09 bits per heavy atom. The minimum absolute atomic E-state index is 0.201. The van der Waals surface area contributed by atoms with Gasteiger partial charge in [0.1, 0.15) is 0 Å². The van der Waals surface area contributed by atoms with Gasteiger partial charge in [0.15, 0.2) is 5.76 Å². The number of benzene rings is 1. The molecule has 1 aromatic heterocycles. The van der Waals surface area contributed by atoms with Crippen molar-refractivity contribution >= 4 is 17.9 Å². The van der Waals surface area contributed by atoms with Crippen molar-refractivity contribution in [2.45, 2.75) is 6.92 Å². The largest absolute Gasteiger partial charge is 0.459 e. The summed E-state index contributed by atoms with van der Waals surface area (Å²) in [6, 6.07) is 11.1. The molecular weight excluding hydrogens is 280 g/mol. The highest BCUT2D eigenvalue weighted by Crippen LogP contribution is 2.04. The van der Waals surface area contributed by atoms with Crippen LogP contribution in [0.3, 0.4) is 0 Å². The van der Waals surface area contributed by atoms with E-state index >= 15 is 0 Å². The molecule has 1 heterocycles. The van der Waals surface area contributed by atoms with E-state index in [0.717, 1.165) is 5.56 Å². The molecule has 0 aliphatic heterocycles. The van der Waals surface area contributed by atoms with Crippen molar-refractivity contribution in [3.05, 3.63) is 65.6 Å². The fraction of sp³-hybridized carbons (Fsp3) is 0.176. The van der Waals surface area contributed by atoms with Crippen molar-refractivity contribution in [2.24, 2.45) is 0 Å². The molecule has 2 N–H and O–H groups in total. The molecule has 5 heteroatoms. The van der Waals surface area contributed by atoms with Gasteiger partial charge in [0.25, 0.3) is 5.91 Å². The summed E-state index contributed by atoms with van der Waals surface area (Å²) >= 11 is 0. The summed E-state index contributed by atoms with van der Waals surface area (Å²) in [5.41, 5.74) is 2.14. The topological polar surface area (TPSA) is 71.3 Å². The first-order valence-electron chi connectivity index (χ1n) is 6.99. The molecule has 0 saturated heterocycles. The number of rotatable bonds is 6. The van der Waals surface area contributed by atoms with Gasteiger partial charge in [-0.1, -0.05) is 29.8 Å². The van der Waals surface area contributed by atoms with E-state index < -0.39 is 0 Å². The number of nitrogens with one attached hydrogen (secondary N) is 2. The third-order valence-electron chi connectivity index (χ3n) is 2.96. The zero-order chi connectivity index (χ0) is 15.8. The maximum atomic E-state index is 11.6. The summed E-state index contributed by atoms with van der Waals surface area (Å²) in [5.74, 6) is -0.243. The number of furan rings is 1. The Morgan fingerprint density at radius 2 is 1.82 bits per heavy atom. The van der Waals surface area contributed by atoms with E-state index in [4.69, 9.17) is 4.42 Å². The Balaban J connectivity index is 1.67. The number of amides is 2. The van der Waals surface area contributed by atoms with Crippen LogP contribution >= 0.6 is 0 Å². The van der Waals surface area contributed by atoms with E-state index in [1.54, 1.807) is 18.2 Å². The SMILES string of the molecule is Cc1ccc(/C=C/C(=O)NCCNC(=O)c2ccco2)cc1. The number of carbonyl (C=O) groups is 2. The molecule has 2 rings (SSSR count). The molecule has 0 radical (unpaired) electrons. The van der Waals surface area contributed by atoms with E-state index in [1.165, 1.54) is 17.9 Å². The second kappa shape index (κ2) is 7.83. The summed E-state index contributed by atoms with van der Waals surface area (Å²) in [4.78, 5) is 23.2. The smallest absolute Gasteiger partial charge is 0.287 e. The van der Waals surface area contributed by atoms with Crippen LogP contribution in [0.5, 0.6) is 0 Å². The molecule has 5 nitrogen and oxygen atoms in total. The third kappa shape index (κ3) is 4.94. The normalized spacial score (nSPS) is 10.6. The molecule has 0 unspecified atom stereocenters. The van der Waals surface area contributed by atoms with Crippen molar-refractivity contribution in [3.63, 3.8) is 0 Å². The molecule has 0 saturated carbocycles. The lowest BCUT2D eigenvalue weighted by atomic mass is 10.1. The zero-order valence-electron chi connectivity index (χ0n) is 12.3. The fourth-order valence-corrected chi connectivity index (χ4v) is 1.77. The Bertz CT molecular complexity index is 643. The Labute approximate surface area is 129 Å². The van der Waals surface area contributed by atoms with Crippen molar-refractivity contribution in [1.82, 2.24) is 10.6 Å². The lowest BCUT2D eigenvalue weighted by Crippen LogP contribution is -2.33. The second-order valence-corrected chi connectivity index (χ2v) is 4.77. The van der Waals surface area contributed by atoms with Crippen LogP contribution in [0.25, 0.3) is 6.08 Å². The van der Waals surface area contributed by atoms with Crippen LogP contribution in [0, 0.1) is 6.92 Å². The van der Waals surface area contributed by atoms with Crippen molar-refractivity contribution in [1.29, 1.82) is 0 Å². The number of hydrogen-bond donors (Lipinski definition) is 2. The molecular formula is C17H18N2O3. The Morgan fingerprint density at radius 3 is 2.50 bits per heavy atom. The predicted molar refractivity (Wildman–Crippen MR) is 84.3 cm³/mol. The van der Waals surface area contributed by atoms with Gasteiger partial charge < -0.3 is 15.1 Å². The summed E-state index contributed by atoms with van der Waals surface area (Å²) < 4.78 is 4.96. The Hall–Kier alpha value is -2.82. The van der Waals surface area contributed by atoms with E-state index in [1.807, 2.05) is 31.2 Å². The van der Waals surface area contributed by atoms with Crippen LogP contribution in [-0.2, 0) is 4.79 Å². The average molecular weight is 298 g/mol. The molecule has 0 atom stereocenters. The van der Waals surface area contributed by atoms with Gasteiger partial charge in [-0.15, -0.1) is 0 Å². The molecule has 2 aromatic rings. The van der Waals surface area contributed by atoms with Crippen LogP contribution in [0.1, 0.15) is 21.7 Å². The van der Waals surface area contributed by atoms with E-state index in [-0.39, 0.29) is 17.6 Å². The quantitative estimate of drug-likeness (QED) is 0.634. The lowest BCUT2D eigenvalue weighted by molar-refractivity contribution is -0.116. The van der Waals surface area contributed by atoms with Gasteiger partial charge in [-0.25, -0.2) is 0 Å². The van der Waals surface area contributed by atoms with E-state index in [0.29, 0.717) is 13.1 Å². The van der Waals surface area contributed by atoms with Gasteiger partial charge in [0, 0.05) is 19.2 Å². The first-order valence-corrected chi connectivity index (χ1v) is 6.99. The van der Waals surface area contributed by atoms with Crippen LogP contribution in [0.2, 0.25) is 0 Å². The van der Waals surface area contributed by atoms with Gasteiger partial charge in [0.05, 0.1) is 6.26 Å². The minimum Gasteiger partial charge on any atom is -0.459 e. The molecule has 0 aliphatic carbocycles. The van der Waals surface area contributed by atoms with Gasteiger partial charge >= 0.3 is 0 Å². The second-order valence-electron chi connectivity index (χ2n) is 4.77. The molecule has 1 aromatic carbocycles. The molecule has 0 aliphatic rings. The molecule has 0 spiro atoms. The van der Waals surface area contributed by atoms with Crippen molar-refractivity contribution in [3.8, 4) is 0 Å². The van der Waals surface area contributed by atoms with E-state index in [9.17, 15) is 9.59 Å². The molecule has 114 valence electrons. The highest BCUT2D eigenvalue weighted by atomic mass is 16.3. The highest BCUT2D eigenvalue weighted by Gasteiger charge is 2.06. The first kappa shape index (κ1) is 15.6. The number of carbonyl (C=O) groups excluding carboxylic acids is 2. The lowest BCUT2D eigenvalue weighted by Gasteiger charge is -2.04.